The molecule has 0 aliphatic carbocycles. The van der Waals surface area contributed by atoms with Crippen LogP contribution in [0.2, 0.25) is 0 Å². The van der Waals surface area contributed by atoms with Crippen LogP contribution in [-0.2, 0) is 9.59 Å². The first kappa shape index (κ1) is 17.0. The van der Waals surface area contributed by atoms with Crippen molar-refractivity contribution in [3.8, 4) is 11.3 Å². The lowest BCUT2D eigenvalue weighted by Crippen LogP contribution is -2.08. The topological polar surface area (TPSA) is 125 Å². The maximum atomic E-state index is 11.8. The highest BCUT2D eigenvalue weighted by molar-refractivity contribution is 6.08. The third kappa shape index (κ3) is 3.48. The van der Waals surface area contributed by atoms with Crippen LogP contribution in [0, 0.1) is 0 Å². The number of H-pyrrole nitrogens is 1. The molecule has 0 saturated heterocycles. The minimum Gasteiger partial charge on any atom is -0.478 e. The lowest BCUT2D eigenvalue weighted by Gasteiger charge is -2.07. The van der Waals surface area contributed by atoms with Gasteiger partial charge in [-0.15, -0.1) is 0 Å². The Labute approximate surface area is 147 Å². The largest absolute Gasteiger partial charge is 0.478 e. The summed E-state index contributed by atoms with van der Waals surface area (Å²) in [7, 11) is 0. The molecule has 0 radical (unpaired) electrons. The zero-order chi connectivity index (χ0) is 18.7. The Kier molecular flexibility index (Phi) is 4.57. The molecule has 0 unspecified atom stereocenters. The molecule has 1 amide bonds. The first-order valence-corrected chi connectivity index (χ1v) is 7.61. The van der Waals surface area contributed by atoms with Gasteiger partial charge in [-0.05, 0) is 25.1 Å². The number of carboxylic acids is 1. The molecule has 8 nitrogen and oxygen atoms in total. The Morgan fingerprint density at radius 2 is 2.00 bits per heavy atom. The van der Waals surface area contributed by atoms with Crippen LogP contribution in [0.5, 0.6) is 0 Å². The second kappa shape index (κ2) is 6.98. The number of carbonyl (C=O) groups is 3. The van der Waals surface area contributed by atoms with E-state index in [0.29, 0.717) is 28.0 Å². The van der Waals surface area contributed by atoms with Gasteiger partial charge in [-0.2, -0.15) is 0 Å². The molecule has 0 fully saturated rings. The number of carbonyl (C=O) groups excluding carboxylic acids is 2. The Balaban J connectivity index is 2.00. The van der Waals surface area contributed by atoms with Crippen LogP contribution in [0.25, 0.3) is 22.3 Å². The Hall–Kier alpha value is -3.81. The number of aromatic carboxylic acids is 1. The number of amides is 1. The summed E-state index contributed by atoms with van der Waals surface area (Å²) in [5.74, 6) is -1.77. The Bertz CT molecular complexity index is 1050. The smallest absolute Gasteiger partial charge is 0.338 e. The molecule has 130 valence electrons. The van der Waals surface area contributed by atoms with Crippen LogP contribution >= 0.6 is 0 Å². The number of nitrogens with zero attached hydrogens (tertiary/aromatic N) is 2. The third-order valence-corrected chi connectivity index (χ3v) is 3.57. The lowest BCUT2D eigenvalue weighted by atomic mass is 10.1. The zero-order valence-electron chi connectivity index (χ0n) is 13.7. The number of fused-ring (bicyclic) bond motifs is 1. The van der Waals surface area contributed by atoms with E-state index in [1.165, 1.54) is 25.5 Å². The number of benzene rings is 1. The van der Waals surface area contributed by atoms with E-state index in [1.807, 2.05) is 0 Å². The van der Waals surface area contributed by atoms with Gasteiger partial charge in [0, 0.05) is 23.5 Å². The van der Waals surface area contributed by atoms with Crippen molar-refractivity contribution in [1.29, 1.82) is 0 Å². The number of hydrogen-bond donors (Lipinski definition) is 3. The summed E-state index contributed by atoms with van der Waals surface area (Å²) in [6.45, 7) is 1.35. The van der Waals surface area contributed by atoms with Crippen molar-refractivity contribution in [3.63, 3.8) is 0 Å². The van der Waals surface area contributed by atoms with Crippen molar-refractivity contribution >= 4 is 34.4 Å². The zero-order valence-corrected chi connectivity index (χ0v) is 13.7. The number of hydrogen-bond acceptors (Lipinski definition) is 5. The van der Waals surface area contributed by atoms with Crippen LogP contribution in [0.3, 0.4) is 0 Å². The van der Waals surface area contributed by atoms with Crippen LogP contribution < -0.4 is 5.32 Å². The predicted molar refractivity (Wildman–Crippen MR) is 94.7 cm³/mol. The average molecular weight is 350 g/mol. The van der Waals surface area contributed by atoms with Crippen LogP contribution in [0.1, 0.15) is 17.3 Å². The fraction of sp³-hybridized carbons (Fsp3) is 0.0556. The van der Waals surface area contributed by atoms with Crippen molar-refractivity contribution in [1.82, 2.24) is 15.0 Å². The summed E-state index contributed by atoms with van der Waals surface area (Å²) >= 11 is 0. The molecular weight excluding hydrogens is 336 g/mol. The van der Waals surface area contributed by atoms with Gasteiger partial charge in [0.05, 0.1) is 16.6 Å². The molecule has 8 heteroatoms. The van der Waals surface area contributed by atoms with E-state index in [1.54, 1.807) is 24.3 Å². The number of anilines is 1. The van der Waals surface area contributed by atoms with Crippen molar-refractivity contribution in [2.45, 2.75) is 6.92 Å². The fourth-order valence-corrected chi connectivity index (χ4v) is 2.47. The lowest BCUT2D eigenvalue weighted by molar-refractivity contribution is -0.114. The van der Waals surface area contributed by atoms with E-state index >= 15 is 0 Å². The number of rotatable bonds is 5. The predicted octanol–water partition coefficient (Wildman–Crippen LogP) is 2.41. The summed E-state index contributed by atoms with van der Waals surface area (Å²) in [6, 6.07) is 6.80. The summed E-state index contributed by atoms with van der Waals surface area (Å²) in [5, 5.41) is 12.4. The van der Waals surface area contributed by atoms with Gasteiger partial charge in [-0.3, -0.25) is 9.59 Å². The van der Waals surface area contributed by atoms with E-state index in [2.05, 4.69) is 20.3 Å². The molecule has 26 heavy (non-hydrogen) atoms. The van der Waals surface area contributed by atoms with Crippen molar-refractivity contribution < 1.29 is 19.5 Å². The third-order valence-electron chi connectivity index (χ3n) is 3.57. The molecule has 0 spiro atoms. The first-order valence-electron chi connectivity index (χ1n) is 7.61. The normalized spacial score (nSPS) is 11.0. The molecule has 0 bridgehead atoms. The minimum atomic E-state index is -1.09. The highest BCUT2D eigenvalue weighted by Gasteiger charge is 2.17. The van der Waals surface area contributed by atoms with Crippen molar-refractivity contribution in [3.05, 3.63) is 54.5 Å². The molecule has 2 aromatic heterocycles. The monoisotopic (exact) mass is 350 g/mol. The second-order valence-corrected chi connectivity index (χ2v) is 5.47. The number of aromatic amines is 1. The number of ketones is 1. The highest BCUT2D eigenvalue weighted by Crippen LogP contribution is 2.29. The van der Waals surface area contributed by atoms with Gasteiger partial charge >= 0.3 is 5.97 Å². The van der Waals surface area contributed by atoms with E-state index in [4.69, 9.17) is 0 Å². The first-order chi connectivity index (χ1) is 12.5. The molecule has 3 N–H and O–H groups in total. The van der Waals surface area contributed by atoms with Crippen molar-refractivity contribution in [2.75, 3.05) is 5.32 Å². The molecule has 2 heterocycles. The molecule has 0 aliphatic heterocycles. The quantitative estimate of drug-likeness (QED) is 0.607. The fourth-order valence-electron chi connectivity index (χ4n) is 2.47. The molecule has 3 aromatic rings. The molecule has 0 atom stereocenters. The number of aromatic nitrogens is 3. The maximum Gasteiger partial charge on any atom is 0.338 e. The van der Waals surface area contributed by atoms with E-state index in [0.717, 1.165) is 6.08 Å². The van der Waals surface area contributed by atoms with E-state index < -0.39 is 11.9 Å². The molecule has 3 rings (SSSR count). The van der Waals surface area contributed by atoms with Crippen LogP contribution in [0.4, 0.5) is 5.69 Å². The summed E-state index contributed by atoms with van der Waals surface area (Å²) in [6.07, 6.45) is 5.02. The van der Waals surface area contributed by atoms with Crippen LogP contribution in [-0.4, -0.2) is 37.7 Å². The summed E-state index contributed by atoms with van der Waals surface area (Å²) in [4.78, 5) is 45.2. The number of allylic oxidation sites excluding steroid dienone is 1. The Morgan fingerprint density at radius 3 is 2.73 bits per heavy atom. The second-order valence-electron chi connectivity index (χ2n) is 5.47. The highest BCUT2D eigenvalue weighted by atomic mass is 16.4. The van der Waals surface area contributed by atoms with Gasteiger partial charge in [-0.1, -0.05) is 12.1 Å². The standard InChI is InChI=1S/C18H14N4O4/c1-10(23)5-6-14(24)22-12-4-2-3-11(7-12)16-15-13(18(25)26)8-19-17(15)21-9-20-16/h2-9H,1H3,(H,22,24)(H,25,26)(H,19,20,21)/b6-5+. The van der Waals surface area contributed by atoms with Gasteiger partial charge in [0.15, 0.2) is 5.78 Å². The molecule has 0 saturated carbocycles. The van der Waals surface area contributed by atoms with Gasteiger partial charge < -0.3 is 15.4 Å². The Morgan fingerprint density at radius 1 is 1.19 bits per heavy atom. The number of carboxylic acid groups (broad SMARTS) is 1. The summed E-state index contributed by atoms with van der Waals surface area (Å²) in [5.41, 5.74) is 2.01. The maximum absolute atomic E-state index is 11.8. The molecule has 1 aromatic carbocycles. The van der Waals surface area contributed by atoms with Gasteiger partial charge in [0.2, 0.25) is 5.91 Å². The van der Waals surface area contributed by atoms with Crippen molar-refractivity contribution in [2.24, 2.45) is 0 Å². The SMILES string of the molecule is CC(=O)/C=C/C(=O)Nc1cccc(-c2ncnc3[nH]cc(C(=O)O)c23)c1. The summed E-state index contributed by atoms with van der Waals surface area (Å²) < 4.78 is 0. The van der Waals surface area contributed by atoms with E-state index in [-0.39, 0.29) is 11.3 Å². The van der Waals surface area contributed by atoms with Crippen LogP contribution in [0.15, 0.2) is 48.9 Å². The van der Waals surface area contributed by atoms with Gasteiger partial charge in [-0.25, -0.2) is 14.8 Å². The number of nitrogens with one attached hydrogen (secondary N) is 2. The van der Waals surface area contributed by atoms with Gasteiger partial charge in [0.25, 0.3) is 0 Å². The van der Waals surface area contributed by atoms with Gasteiger partial charge in [0.1, 0.15) is 12.0 Å². The molecule has 0 aliphatic rings. The molecular formula is C18H14N4O4. The average Bonchev–Trinajstić information content (AvgIpc) is 3.04. The minimum absolute atomic E-state index is 0.0643. The van der Waals surface area contributed by atoms with E-state index in [9.17, 15) is 19.5 Å².